The normalized spacial score (nSPS) is 16.4. The predicted molar refractivity (Wildman–Crippen MR) is 253 cm³/mol. The predicted octanol–water partition coefficient (Wildman–Crippen LogP) is 7.99. The third-order valence-electron chi connectivity index (χ3n) is 11.4. The number of pyridine rings is 2. The Morgan fingerprint density at radius 1 is 0.623 bits per heavy atom. The summed E-state index contributed by atoms with van der Waals surface area (Å²) in [5.41, 5.74) is 5.75. The molecule has 2 atom stereocenters. The van der Waals surface area contributed by atoms with Crippen molar-refractivity contribution in [1.82, 2.24) is 40.2 Å². The molecule has 2 N–H and O–H groups in total. The van der Waals surface area contributed by atoms with Gasteiger partial charge in [-0.2, -0.15) is 19.6 Å². The van der Waals surface area contributed by atoms with Crippen LogP contribution in [0, 0.1) is 13.8 Å². The summed E-state index contributed by atoms with van der Waals surface area (Å²) in [5.74, 6) is 1.83. The van der Waals surface area contributed by atoms with Crippen molar-refractivity contribution in [3.05, 3.63) is 140 Å². The summed E-state index contributed by atoms with van der Waals surface area (Å²) in [6.07, 6.45) is 9.17. The summed E-state index contributed by atoms with van der Waals surface area (Å²) < 4.78 is 5.14. The molecule has 10 rings (SSSR count). The van der Waals surface area contributed by atoms with Gasteiger partial charge in [-0.3, -0.25) is 9.59 Å². The number of likely N-dealkylation sites (N-methyl/N-ethyl adjacent to an activating group) is 2. The minimum atomic E-state index is -0.126. The van der Waals surface area contributed by atoms with Gasteiger partial charge in [-0.25, -0.2) is 9.97 Å². The van der Waals surface area contributed by atoms with E-state index < -0.39 is 0 Å². The monoisotopic (exact) mass is 912 g/mol. The number of hydrogen-bond donors (Lipinski definition) is 2. The molecule has 12 nitrogen and oxygen atoms in total. The first kappa shape index (κ1) is 40.8. The van der Waals surface area contributed by atoms with Crippen LogP contribution in [-0.2, 0) is 0 Å². The Morgan fingerprint density at radius 2 is 1.13 bits per heavy atom. The number of rotatable bonds is 8. The van der Waals surface area contributed by atoms with Crippen LogP contribution >= 0.6 is 38.6 Å². The number of thiophene rings is 2. The molecule has 0 unspecified atom stereocenters. The molecule has 0 saturated carbocycles. The van der Waals surface area contributed by atoms with Crippen LogP contribution < -0.4 is 31.6 Å². The summed E-state index contributed by atoms with van der Waals surface area (Å²) in [7, 11) is 3.98. The minimum Gasteiger partial charge on any atom is -0.355 e. The fraction of sp³-hybridized carbons (Fsp3) is 0.261. The zero-order chi connectivity index (χ0) is 42.2. The number of aryl methyl sites for hydroxylation is 2. The maximum Gasteiger partial charge on any atom is 0.289 e. The highest BCUT2D eigenvalue weighted by Gasteiger charge is 2.25. The molecule has 2 saturated heterocycles. The van der Waals surface area contributed by atoms with Gasteiger partial charge in [0, 0.05) is 58.8 Å². The Hall–Kier alpha value is -5.58. The summed E-state index contributed by atoms with van der Waals surface area (Å²) in [6.45, 7) is 7.94. The van der Waals surface area contributed by atoms with Crippen LogP contribution in [0.4, 0.5) is 11.6 Å². The van der Waals surface area contributed by atoms with E-state index in [2.05, 4.69) is 119 Å². The van der Waals surface area contributed by atoms with Gasteiger partial charge in [-0.15, -0.1) is 22.7 Å². The summed E-state index contributed by atoms with van der Waals surface area (Å²) in [5, 5.41) is 17.2. The average Bonchev–Trinajstić information content (AvgIpc) is 4.12. The number of nitrogens with zero attached hydrogens (tertiary/aromatic N) is 8. The second-order valence-electron chi connectivity index (χ2n) is 15.6. The van der Waals surface area contributed by atoms with Gasteiger partial charge in [-0.1, -0.05) is 59.7 Å². The van der Waals surface area contributed by atoms with Crippen LogP contribution in [0.3, 0.4) is 0 Å². The number of benzene rings is 2. The lowest BCUT2D eigenvalue weighted by molar-refractivity contribution is 0.616. The highest BCUT2D eigenvalue weighted by molar-refractivity contribution is 9.10. The molecular weight excluding hydrogens is 869 g/mol. The van der Waals surface area contributed by atoms with Crippen molar-refractivity contribution in [2.24, 2.45) is 0 Å². The minimum absolute atomic E-state index is 0.109. The molecule has 0 aliphatic carbocycles. The number of fused-ring (bicyclic) bond motifs is 2. The zero-order valence-electron chi connectivity index (χ0n) is 34.3. The van der Waals surface area contributed by atoms with E-state index in [9.17, 15) is 9.59 Å². The first-order valence-corrected chi connectivity index (χ1v) is 22.7. The van der Waals surface area contributed by atoms with E-state index in [0.29, 0.717) is 32.9 Å². The number of aromatic nitrogens is 6. The lowest BCUT2D eigenvalue weighted by Gasteiger charge is -2.19. The largest absolute Gasteiger partial charge is 0.355 e. The first-order valence-electron chi connectivity index (χ1n) is 20.3. The fourth-order valence-corrected chi connectivity index (χ4v) is 10.5. The zero-order valence-corrected chi connectivity index (χ0v) is 37.5. The van der Waals surface area contributed by atoms with Gasteiger partial charge in [0.25, 0.3) is 11.1 Å². The number of hydrogen-bond acceptors (Lipinski definition) is 12. The highest BCUT2D eigenvalue weighted by atomic mass is 79.9. The Labute approximate surface area is 369 Å². The van der Waals surface area contributed by atoms with Crippen molar-refractivity contribution in [1.29, 1.82) is 0 Å². The van der Waals surface area contributed by atoms with E-state index in [1.165, 1.54) is 43.2 Å². The van der Waals surface area contributed by atoms with E-state index in [0.717, 1.165) is 86.8 Å². The molecule has 2 aliphatic heterocycles. The van der Waals surface area contributed by atoms with Crippen molar-refractivity contribution in [2.45, 2.75) is 38.8 Å². The molecule has 8 aromatic rings. The van der Waals surface area contributed by atoms with Gasteiger partial charge in [0.2, 0.25) is 0 Å². The molecule has 2 fully saturated rings. The summed E-state index contributed by atoms with van der Waals surface area (Å²) >= 11 is 6.66. The third-order valence-corrected chi connectivity index (χ3v) is 14.4. The van der Waals surface area contributed by atoms with E-state index in [4.69, 9.17) is 0 Å². The van der Waals surface area contributed by atoms with Gasteiger partial charge in [-0.05, 0) is 98.2 Å². The molecule has 2 aliphatic rings. The van der Waals surface area contributed by atoms with Crippen LogP contribution in [0.2, 0.25) is 0 Å². The molecule has 15 heteroatoms. The SMILES string of the molecule is CN[C@@H]1CCN(c2ccc(-n3ncc4cc(-c5ccc(C)cc5)sc4c3=O)cn2)C1.CN[C@@H]1CCN(c2ncc(-n3ncc4cc(-c5ccc(C)cc5)sc4c3=O)cc2Br)C1. The van der Waals surface area contributed by atoms with Gasteiger partial charge in [0.1, 0.15) is 21.0 Å². The van der Waals surface area contributed by atoms with E-state index in [1.807, 2.05) is 44.4 Å². The Balaban J connectivity index is 0.000000156. The van der Waals surface area contributed by atoms with Crippen molar-refractivity contribution >= 4 is 70.4 Å². The molecule has 8 heterocycles. The van der Waals surface area contributed by atoms with Crippen LogP contribution in [0.25, 0.3) is 52.4 Å². The standard InChI is InChI=1S/C23H22BrN5OS.C23H23N5OS/c1-14-3-5-15(6-4-14)20-9-16-11-27-29(23(30)21(16)31-20)18-10-19(24)22(26-12-18)28-8-7-17(13-28)25-2;1-15-3-5-16(6-4-15)20-11-17-12-26-28(23(29)22(17)30-20)19-7-8-21(25-13-19)27-10-9-18(14-27)24-2/h3-6,9-12,17,25H,7-8,13H2,1-2H3;3-8,11-13,18,24H,9-10,14H2,1-2H3/t17-;18-/m11/s1. The summed E-state index contributed by atoms with van der Waals surface area (Å²) in [4.78, 5) is 42.2. The molecule has 310 valence electrons. The number of anilines is 2. The van der Waals surface area contributed by atoms with Crippen LogP contribution in [0.15, 0.2) is 118 Å². The van der Waals surface area contributed by atoms with Crippen LogP contribution in [-0.4, -0.2) is 81.9 Å². The number of nitrogens with one attached hydrogen (secondary N) is 2. The number of halogens is 1. The molecular formula is C46H45BrN10O2S2. The van der Waals surface area contributed by atoms with E-state index in [-0.39, 0.29) is 11.1 Å². The fourth-order valence-electron chi connectivity index (χ4n) is 7.81. The quantitative estimate of drug-likeness (QED) is 0.155. The molecule has 0 spiro atoms. The van der Waals surface area contributed by atoms with Gasteiger partial charge in [0.05, 0.1) is 40.6 Å². The maximum atomic E-state index is 13.2. The summed E-state index contributed by atoms with van der Waals surface area (Å²) in [6, 6.07) is 27.5. The van der Waals surface area contributed by atoms with Crippen molar-refractivity contribution in [2.75, 3.05) is 50.1 Å². The van der Waals surface area contributed by atoms with Gasteiger partial charge >= 0.3 is 0 Å². The Bertz CT molecular complexity index is 2960. The molecule has 61 heavy (non-hydrogen) atoms. The lowest BCUT2D eigenvalue weighted by atomic mass is 10.1. The molecule has 6 aromatic heterocycles. The highest BCUT2D eigenvalue weighted by Crippen LogP contribution is 2.34. The third kappa shape index (κ3) is 8.40. The second kappa shape index (κ2) is 17.4. The molecule has 0 amide bonds. The van der Waals surface area contributed by atoms with E-state index >= 15 is 0 Å². The van der Waals surface area contributed by atoms with E-state index in [1.54, 1.807) is 24.8 Å². The Morgan fingerprint density at radius 3 is 1.62 bits per heavy atom. The smallest absolute Gasteiger partial charge is 0.289 e. The topological polar surface area (TPSA) is 126 Å². The lowest BCUT2D eigenvalue weighted by Crippen LogP contribution is -2.30. The second-order valence-corrected chi connectivity index (χ2v) is 18.5. The van der Waals surface area contributed by atoms with Crippen molar-refractivity contribution in [3.8, 4) is 32.3 Å². The van der Waals surface area contributed by atoms with Crippen molar-refractivity contribution < 1.29 is 0 Å². The molecule has 0 radical (unpaired) electrons. The van der Waals surface area contributed by atoms with Crippen molar-refractivity contribution in [3.63, 3.8) is 0 Å². The van der Waals surface area contributed by atoms with Crippen LogP contribution in [0.5, 0.6) is 0 Å². The first-order chi connectivity index (χ1) is 29.6. The Kier molecular flexibility index (Phi) is 11.7. The van der Waals surface area contributed by atoms with Crippen LogP contribution in [0.1, 0.15) is 24.0 Å². The molecule has 2 aromatic carbocycles. The average molecular weight is 914 g/mol. The maximum absolute atomic E-state index is 13.2. The molecule has 0 bridgehead atoms. The van der Waals surface area contributed by atoms with Gasteiger partial charge in [0.15, 0.2) is 0 Å². The van der Waals surface area contributed by atoms with Gasteiger partial charge < -0.3 is 20.4 Å².